The highest BCUT2D eigenvalue weighted by molar-refractivity contribution is 7.85. The fraction of sp³-hybridized carbons (Fsp3) is 0.250. The number of hydrogen-bond acceptors (Lipinski definition) is 4. The SMILES string of the molecule is Cc1c(-c2ccccc2)cccc1N1CCc2cc(COS(C)(=O)=O)ccc2C1. The van der Waals surface area contributed by atoms with Gasteiger partial charge in [-0.25, -0.2) is 0 Å². The predicted octanol–water partition coefficient (Wildman–Crippen LogP) is 4.70. The minimum absolute atomic E-state index is 0.0913. The second kappa shape index (κ2) is 8.01. The number of benzene rings is 3. The van der Waals surface area contributed by atoms with Gasteiger partial charge in [-0.05, 0) is 52.8 Å². The van der Waals surface area contributed by atoms with Crippen LogP contribution < -0.4 is 4.90 Å². The first-order valence-electron chi connectivity index (χ1n) is 9.76. The Bertz CT molecular complexity index is 1120. The zero-order valence-electron chi connectivity index (χ0n) is 16.8. The molecule has 0 atom stereocenters. The van der Waals surface area contributed by atoms with Crippen LogP contribution in [-0.2, 0) is 33.9 Å². The number of nitrogens with zero attached hydrogens (tertiary/aromatic N) is 1. The Labute approximate surface area is 172 Å². The Morgan fingerprint density at radius 3 is 2.52 bits per heavy atom. The van der Waals surface area contributed by atoms with Crippen molar-refractivity contribution in [3.63, 3.8) is 0 Å². The lowest BCUT2D eigenvalue weighted by Gasteiger charge is -2.32. The van der Waals surface area contributed by atoms with Gasteiger partial charge in [0.2, 0.25) is 0 Å². The molecule has 0 radical (unpaired) electrons. The average molecular weight is 408 g/mol. The van der Waals surface area contributed by atoms with Gasteiger partial charge >= 0.3 is 0 Å². The van der Waals surface area contributed by atoms with Crippen molar-refractivity contribution < 1.29 is 12.6 Å². The molecule has 0 bridgehead atoms. The summed E-state index contributed by atoms with van der Waals surface area (Å²) in [5.74, 6) is 0. The van der Waals surface area contributed by atoms with Gasteiger partial charge in [0.15, 0.2) is 0 Å². The van der Waals surface area contributed by atoms with Gasteiger partial charge in [0, 0.05) is 18.8 Å². The van der Waals surface area contributed by atoms with Crippen molar-refractivity contribution in [3.8, 4) is 11.1 Å². The molecule has 0 aromatic heterocycles. The first-order valence-corrected chi connectivity index (χ1v) is 11.6. The molecule has 1 aliphatic heterocycles. The van der Waals surface area contributed by atoms with Gasteiger partial charge in [0.1, 0.15) is 0 Å². The highest BCUT2D eigenvalue weighted by Gasteiger charge is 2.19. The van der Waals surface area contributed by atoms with Crippen molar-refractivity contribution in [3.05, 3.63) is 89.0 Å². The normalized spacial score (nSPS) is 13.9. The number of fused-ring (bicyclic) bond motifs is 1. The second-order valence-electron chi connectivity index (χ2n) is 7.56. The van der Waals surface area contributed by atoms with Crippen LogP contribution in [0.4, 0.5) is 5.69 Å². The molecule has 1 heterocycles. The van der Waals surface area contributed by atoms with E-state index in [9.17, 15) is 8.42 Å². The summed E-state index contributed by atoms with van der Waals surface area (Å²) in [7, 11) is -3.43. The highest BCUT2D eigenvalue weighted by atomic mass is 32.2. The third-order valence-electron chi connectivity index (χ3n) is 5.45. The largest absolute Gasteiger partial charge is 0.367 e. The van der Waals surface area contributed by atoms with Crippen LogP contribution in [0.1, 0.15) is 22.3 Å². The number of rotatable bonds is 5. The summed E-state index contributed by atoms with van der Waals surface area (Å²) >= 11 is 0. The third kappa shape index (κ3) is 4.52. The van der Waals surface area contributed by atoms with E-state index >= 15 is 0 Å². The van der Waals surface area contributed by atoms with Crippen LogP contribution in [-0.4, -0.2) is 21.2 Å². The van der Waals surface area contributed by atoms with Crippen molar-refractivity contribution in [1.29, 1.82) is 0 Å². The van der Waals surface area contributed by atoms with E-state index < -0.39 is 10.1 Å². The lowest BCUT2D eigenvalue weighted by atomic mass is 9.95. The van der Waals surface area contributed by atoms with Gasteiger partial charge in [-0.1, -0.05) is 60.7 Å². The molecule has 5 heteroatoms. The molecule has 1 aliphatic rings. The Morgan fingerprint density at radius 2 is 1.76 bits per heavy atom. The molecule has 150 valence electrons. The van der Waals surface area contributed by atoms with E-state index in [1.165, 1.54) is 33.5 Å². The molecule has 0 aliphatic carbocycles. The van der Waals surface area contributed by atoms with E-state index in [2.05, 4.69) is 66.4 Å². The summed E-state index contributed by atoms with van der Waals surface area (Å²) in [6.07, 6.45) is 2.01. The lowest BCUT2D eigenvalue weighted by molar-refractivity contribution is 0.311. The molecule has 0 unspecified atom stereocenters. The average Bonchev–Trinajstić information content (AvgIpc) is 2.72. The van der Waals surface area contributed by atoms with Crippen LogP contribution in [0.2, 0.25) is 0 Å². The molecule has 0 fully saturated rings. The first-order chi connectivity index (χ1) is 13.9. The molecule has 0 saturated heterocycles. The van der Waals surface area contributed by atoms with Crippen LogP contribution in [0.3, 0.4) is 0 Å². The van der Waals surface area contributed by atoms with Gasteiger partial charge < -0.3 is 4.90 Å². The standard InChI is InChI=1S/C24H25NO3S/c1-18-23(20-7-4-3-5-8-20)9-6-10-24(18)25-14-13-21-15-19(11-12-22(21)16-25)17-28-29(2,26)27/h3-12,15H,13-14,16-17H2,1-2H3. The summed E-state index contributed by atoms with van der Waals surface area (Å²) in [6, 6.07) is 23.1. The first kappa shape index (κ1) is 19.7. The molecule has 3 aromatic carbocycles. The van der Waals surface area contributed by atoms with Gasteiger partial charge in [-0.15, -0.1) is 0 Å². The zero-order valence-corrected chi connectivity index (χ0v) is 17.6. The van der Waals surface area contributed by atoms with Gasteiger partial charge in [0.05, 0.1) is 12.9 Å². The summed E-state index contributed by atoms with van der Waals surface area (Å²) in [5, 5.41) is 0. The third-order valence-corrected chi connectivity index (χ3v) is 6.00. The van der Waals surface area contributed by atoms with Crippen LogP contribution in [0.15, 0.2) is 66.7 Å². The predicted molar refractivity (Wildman–Crippen MR) is 117 cm³/mol. The Hall–Kier alpha value is -2.63. The van der Waals surface area contributed by atoms with E-state index in [0.29, 0.717) is 0 Å². The van der Waals surface area contributed by atoms with Crippen molar-refractivity contribution in [2.24, 2.45) is 0 Å². The number of hydrogen-bond donors (Lipinski definition) is 0. The van der Waals surface area contributed by atoms with E-state index in [-0.39, 0.29) is 6.61 Å². The Kier molecular flexibility index (Phi) is 5.43. The van der Waals surface area contributed by atoms with Crippen LogP contribution in [0.25, 0.3) is 11.1 Å². The quantitative estimate of drug-likeness (QED) is 0.575. The van der Waals surface area contributed by atoms with E-state index in [0.717, 1.165) is 31.3 Å². The van der Waals surface area contributed by atoms with Crippen molar-refractivity contribution >= 4 is 15.8 Å². The summed E-state index contributed by atoms with van der Waals surface area (Å²) < 4.78 is 27.4. The maximum Gasteiger partial charge on any atom is 0.264 e. The Morgan fingerprint density at radius 1 is 0.966 bits per heavy atom. The lowest BCUT2D eigenvalue weighted by Crippen LogP contribution is -2.31. The fourth-order valence-corrected chi connectivity index (χ4v) is 4.32. The second-order valence-corrected chi connectivity index (χ2v) is 9.20. The maximum absolute atomic E-state index is 11.2. The van der Waals surface area contributed by atoms with Crippen molar-refractivity contribution in [1.82, 2.24) is 0 Å². The summed E-state index contributed by atoms with van der Waals surface area (Å²) in [6.45, 7) is 4.07. The summed E-state index contributed by atoms with van der Waals surface area (Å²) in [5.41, 5.74) is 8.50. The molecular formula is C24H25NO3S. The van der Waals surface area contributed by atoms with Gasteiger partial charge in [0.25, 0.3) is 10.1 Å². The van der Waals surface area contributed by atoms with Gasteiger partial charge in [-0.2, -0.15) is 8.42 Å². The van der Waals surface area contributed by atoms with Crippen LogP contribution >= 0.6 is 0 Å². The van der Waals surface area contributed by atoms with E-state index in [4.69, 9.17) is 4.18 Å². The molecule has 0 N–H and O–H groups in total. The molecule has 0 saturated carbocycles. The van der Waals surface area contributed by atoms with Crippen LogP contribution in [0.5, 0.6) is 0 Å². The van der Waals surface area contributed by atoms with Crippen molar-refractivity contribution in [2.45, 2.75) is 26.5 Å². The van der Waals surface area contributed by atoms with E-state index in [1.54, 1.807) is 0 Å². The maximum atomic E-state index is 11.2. The smallest absolute Gasteiger partial charge is 0.264 e. The van der Waals surface area contributed by atoms with E-state index in [1.807, 2.05) is 12.1 Å². The Balaban J connectivity index is 1.56. The monoisotopic (exact) mass is 407 g/mol. The minimum atomic E-state index is -3.43. The minimum Gasteiger partial charge on any atom is -0.367 e. The zero-order chi connectivity index (χ0) is 20.4. The van der Waals surface area contributed by atoms with Gasteiger partial charge in [-0.3, -0.25) is 4.18 Å². The molecule has 29 heavy (non-hydrogen) atoms. The molecule has 0 amide bonds. The fourth-order valence-electron chi connectivity index (χ4n) is 3.97. The number of anilines is 1. The molecular weight excluding hydrogens is 382 g/mol. The summed E-state index contributed by atoms with van der Waals surface area (Å²) in [4.78, 5) is 2.43. The van der Waals surface area contributed by atoms with Crippen molar-refractivity contribution in [2.75, 3.05) is 17.7 Å². The molecule has 3 aromatic rings. The van der Waals surface area contributed by atoms with Crippen LogP contribution in [0, 0.1) is 6.92 Å². The molecule has 0 spiro atoms. The molecule has 4 nitrogen and oxygen atoms in total. The molecule has 4 rings (SSSR count). The highest BCUT2D eigenvalue weighted by Crippen LogP contribution is 2.33. The topological polar surface area (TPSA) is 46.6 Å².